The molecule has 0 spiro atoms. The smallest absolute Gasteiger partial charge is 0.141 e. The number of fused-ring (bicyclic) bond motifs is 3. The lowest BCUT2D eigenvalue weighted by molar-refractivity contribution is 1.03. The van der Waals surface area contributed by atoms with E-state index in [1.165, 1.54) is 22.3 Å². The van der Waals surface area contributed by atoms with Gasteiger partial charge in [0.25, 0.3) is 0 Å². The summed E-state index contributed by atoms with van der Waals surface area (Å²) >= 11 is 0. The Balaban J connectivity index is 1.63. The van der Waals surface area contributed by atoms with E-state index in [9.17, 15) is 5.26 Å². The third-order valence-electron chi connectivity index (χ3n) is 7.29. The van der Waals surface area contributed by atoms with Crippen LogP contribution >= 0.6 is 0 Å². The summed E-state index contributed by atoms with van der Waals surface area (Å²) in [7, 11) is 0. The Morgan fingerprint density at radius 1 is 0.611 bits per heavy atom. The van der Waals surface area contributed by atoms with E-state index in [1.807, 2.05) is 30.3 Å². The maximum Gasteiger partial charge on any atom is 0.141 e. The van der Waals surface area contributed by atoms with Gasteiger partial charge in [-0.2, -0.15) is 5.26 Å². The van der Waals surface area contributed by atoms with Gasteiger partial charge in [0.15, 0.2) is 0 Å². The highest BCUT2D eigenvalue weighted by molar-refractivity contribution is 6.09. The highest BCUT2D eigenvalue weighted by Gasteiger charge is 2.19. The van der Waals surface area contributed by atoms with Crippen LogP contribution in [-0.2, 0) is 0 Å². The lowest BCUT2D eigenvalue weighted by Crippen LogP contribution is -2.06. The Kier molecular flexibility index (Phi) is 5.16. The average molecular weight is 464 g/mol. The van der Waals surface area contributed by atoms with Gasteiger partial charge < -0.3 is 0 Å². The van der Waals surface area contributed by atoms with Gasteiger partial charge in [0, 0.05) is 16.3 Å². The van der Waals surface area contributed by atoms with E-state index < -0.39 is 0 Å². The fraction of sp³-hybridized carbons (Fsp3) is 0.0909. The molecule has 4 aromatic carbocycles. The van der Waals surface area contributed by atoms with E-state index in [0.29, 0.717) is 5.56 Å². The van der Waals surface area contributed by atoms with E-state index in [2.05, 4.69) is 98.1 Å². The van der Waals surface area contributed by atoms with Crippen molar-refractivity contribution in [3.63, 3.8) is 0 Å². The zero-order valence-corrected chi connectivity index (χ0v) is 20.6. The molecular formula is C33H25N3. The number of aromatic nitrogens is 2. The van der Waals surface area contributed by atoms with Crippen molar-refractivity contribution in [3.05, 3.63) is 119 Å². The monoisotopic (exact) mass is 463 g/mol. The van der Waals surface area contributed by atoms with E-state index in [4.69, 9.17) is 4.98 Å². The number of hydrogen-bond acceptors (Lipinski definition) is 2. The first kappa shape index (κ1) is 21.8. The first-order chi connectivity index (χ1) is 17.6. The summed E-state index contributed by atoms with van der Waals surface area (Å²) in [4.78, 5) is 5.32. The van der Waals surface area contributed by atoms with Crippen LogP contribution in [0.1, 0.15) is 22.3 Å². The normalized spacial score (nSPS) is 11.2. The van der Waals surface area contributed by atoms with Crippen molar-refractivity contribution in [2.45, 2.75) is 20.8 Å². The maximum absolute atomic E-state index is 9.50. The Labute approximate surface area is 210 Å². The number of pyridine rings is 1. The molecule has 0 unspecified atom stereocenters. The fourth-order valence-corrected chi connectivity index (χ4v) is 5.15. The Bertz CT molecular complexity index is 1820. The van der Waals surface area contributed by atoms with Crippen LogP contribution in [-0.4, -0.2) is 9.55 Å². The minimum Gasteiger partial charge on any atom is -0.294 e. The second kappa shape index (κ2) is 8.52. The molecule has 0 N–H and O–H groups in total. The van der Waals surface area contributed by atoms with Crippen LogP contribution in [0.25, 0.3) is 50.0 Å². The van der Waals surface area contributed by atoms with Gasteiger partial charge in [0.05, 0.1) is 28.4 Å². The number of nitrogens with zero attached hydrogens (tertiary/aromatic N) is 3. The molecule has 0 saturated carbocycles. The number of benzene rings is 4. The largest absolute Gasteiger partial charge is 0.294 e. The van der Waals surface area contributed by atoms with Gasteiger partial charge in [-0.15, -0.1) is 0 Å². The van der Waals surface area contributed by atoms with Crippen molar-refractivity contribution in [1.29, 1.82) is 5.26 Å². The van der Waals surface area contributed by atoms with Gasteiger partial charge in [0.2, 0.25) is 0 Å². The third kappa shape index (κ3) is 3.39. The first-order valence-corrected chi connectivity index (χ1v) is 12.1. The van der Waals surface area contributed by atoms with Gasteiger partial charge >= 0.3 is 0 Å². The van der Waals surface area contributed by atoms with Gasteiger partial charge in [-0.05, 0) is 78.9 Å². The molecule has 0 aliphatic carbocycles. The van der Waals surface area contributed by atoms with Crippen molar-refractivity contribution in [2.75, 3.05) is 0 Å². The van der Waals surface area contributed by atoms with Gasteiger partial charge in [0.1, 0.15) is 5.82 Å². The van der Waals surface area contributed by atoms with Crippen LogP contribution < -0.4 is 0 Å². The summed E-state index contributed by atoms with van der Waals surface area (Å²) < 4.78 is 2.25. The van der Waals surface area contributed by atoms with Crippen LogP contribution in [0.5, 0.6) is 0 Å². The summed E-state index contributed by atoms with van der Waals surface area (Å²) in [5.41, 5.74) is 10.8. The van der Waals surface area contributed by atoms with E-state index in [1.54, 1.807) is 0 Å². The third-order valence-corrected chi connectivity index (χ3v) is 7.29. The SMILES string of the molecule is Cc1c(-c2cccc(-c3ccccc3)c2)nc(-n2c3ccccc3c3cc(C#N)ccc32)c(C)c1C. The van der Waals surface area contributed by atoms with E-state index in [-0.39, 0.29) is 0 Å². The van der Waals surface area contributed by atoms with Crippen molar-refractivity contribution in [1.82, 2.24) is 9.55 Å². The van der Waals surface area contributed by atoms with Crippen molar-refractivity contribution in [3.8, 4) is 34.3 Å². The lowest BCUT2D eigenvalue weighted by Gasteiger charge is -2.18. The Morgan fingerprint density at radius 3 is 2.11 bits per heavy atom. The Hall–Kier alpha value is -4.68. The van der Waals surface area contributed by atoms with Gasteiger partial charge in [-0.3, -0.25) is 4.57 Å². The maximum atomic E-state index is 9.50. The highest BCUT2D eigenvalue weighted by Crippen LogP contribution is 2.36. The molecule has 0 aliphatic rings. The molecule has 3 nitrogen and oxygen atoms in total. The van der Waals surface area contributed by atoms with Crippen molar-refractivity contribution in [2.24, 2.45) is 0 Å². The molecule has 6 aromatic rings. The molecule has 6 rings (SSSR count). The molecule has 0 bridgehead atoms. The van der Waals surface area contributed by atoms with Crippen LogP contribution in [0.2, 0.25) is 0 Å². The molecule has 2 heterocycles. The Morgan fingerprint density at radius 2 is 1.31 bits per heavy atom. The summed E-state index contributed by atoms with van der Waals surface area (Å²) in [5.74, 6) is 0.925. The quantitative estimate of drug-likeness (QED) is 0.265. The number of para-hydroxylation sites is 1. The first-order valence-electron chi connectivity index (χ1n) is 12.1. The minimum atomic E-state index is 0.661. The molecule has 0 aliphatic heterocycles. The predicted octanol–water partition coefficient (Wildman–Crippen LogP) is 8.31. The zero-order chi connectivity index (χ0) is 24.8. The van der Waals surface area contributed by atoms with Crippen LogP contribution in [0.15, 0.2) is 97.1 Å². The van der Waals surface area contributed by atoms with Crippen LogP contribution in [0.3, 0.4) is 0 Å². The highest BCUT2D eigenvalue weighted by atomic mass is 15.1. The molecular weight excluding hydrogens is 438 g/mol. The molecule has 172 valence electrons. The van der Waals surface area contributed by atoms with E-state index >= 15 is 0 Å². The summed E-state index contributed by atoms with van der Waals surface area (Å²) in [5, 5.41) is 11.7. The fourth-order valence-electron chi connectivity index (χ4n) is 5.15. The zero-order valence-electron chi connectivity index (χ0n) is 20.6. The second-order valence-corrected chi connectivity index (χ2v) is 9.30. The van der Waals surface area contributed by atoms with Gasteiger partial charge in [-0.25, -0.2) is 4.98 Å². The van der Waals surface area contributed by atoms with Crippen LogP contribution in [0.4, 0.5) is 0 Å². The summed E-state index contributed by atoms with van der Waals surface area (Å²) in [6, 6.07) is 35.6. The lowest BCUT2D eigenvalue weighted by atomic mass is 9.96. The number of nitriles is 1. The standard InChI is InChI=1S/C33H25N3/c1-21-22(2)32(27-13-9-12-26(19-27)25-10-5-4-6-11-25)35-33(23(21)3)36-30-15-8-7-14-28(30)29-18-24(20-34)16-17-31(29)36/h4-19H,1-3H3. The summed E-state index contributed by atoms with van der Waals surface area (Å²) in [6.07, 6.45) is 0. The average Bonchev–Trinajstić information content (AvgIpc) is 3.26. The molecule has 0 fully saturated rings. The molecule has 0 amide bonds. The topological polar surface area (TPSA) is 41.6 Å². The van der Waals surface area contributed by atoms with Crippen molar-refractivity contribution < 1.29 is 0 Å². The van der Waals surface area contributed by atoms with Gasteiger partial charge in [-0.1, -0.05) is 66.7 Å². The summed E-state index contributed by atoms with van der Waals surface area (Å²) in [6.45, 7) is 6.50. The molecule has 3 heteroatoms. The minimum absolute atomic E-state index is 0.661. The second-order valence-electron chi connectivity index (χ2n) is 9.30. The van der Waals surface area contributed by atoms with Crippen LogP contribution in [0, 0.1) is 32.1 Å². The predicted molar refractivity (Wildman–Crippen MR) is 148 cm³/mol. The van der Waals surface area contributed by atoms with E-state index in [0.717, 1.165) is 44.4 Å². The molecule has 0 saturated heterocycles. The molecule has 2 aromatic heterocycles. The van der Waals surface area contributed by atoms with Crippen molar-refractivity contribution >= 4 is 21.8 Å². The molecule has 36 heavy (non-hydrogen) atoms. The number of hydrogen-bond donors (Lipinski definition) is 0. The molecule has 0 radical (unpaired) electrons. The molecule has 0 atom stereocenters. The number of rotatable bonds is 3.